The molecule has 2 aliphatic rings. The van der Waals surface area contributed by atoms with Crippen molar-refractivity contribution in [3.05, 3.63) is 59.2 Å². The SMILES string of the molecule is CCc1ccc(C(NS(=O)(=O)c2ccc3c(c2)C(O)CCN3COC(=O)N2CCC2)C(C)C)cc1. The zero-order valence-corrected chi connectivity index (χ0v) is 21.4. The molecule has 190 valence electrons. The Morgan fingerprint density at radius 1 is 1.14 bits per heavy atom. The first-order valence-electron chi connectivity index (χ1n) is 12.3. The minimum atomic E-state index is -3.85. The molecule has 1 fully saturated rings. The number of aliphatic hydroxyl groups is 1. The number of ether oxygens (including phenoxy) is 1. The standard InChI is InChI=1S/C26H35N3O5S/c1-4-19-6-8-20(9-7-19)25(18(2)3)27-35(32,33)21-10-11-23-22(16-21)24(30)12-15-29(23)17-34-26(31)28-13-5-14-28/h6-11,16,18,24-25,27,30H,4-5,12-15,17H2,1-3H3. The normalized spacial score (nSPS) is 18.7. The van der Waals surface area contributed by atoms with E-state index in [1.54, 1.807) is 17.0 Å². The van der Waals surface area contributed by atoms with E-state index in [4.69, 9.17) is 4.74 Å². The van der Waals surface area contributed by atoms with Crippen LogP contribution in [0.5, 0.6) is 0 Å². The summed E-state index contributed by atoms with van der Waals surface area (Å²) >= 11 is 0. The number of benzene rings is 2. The van der Waals surface area contributed by atoms with Crippen LogP contribution in [0.1, 0.15) is 62.4 Å². The van der Waals surface area contributed by atoms with Crippen LogP contribution in [0.4, 0.5) is 10.5 Å². The number of likely N-dealkylation sites (tertiary alicyclic amines) is 1. The summed E-state index contributed by atoms with van der Waals surface area (Å²) < 4.78 is 35.0. The lowest BCUT2D eigenvalue weighted by molar-refractivity contribution is 0.0786. The van der Waals surface area contributed by atoms with E-state index < -0.39 is 16.1 Å². The van der Waals surface area contributed by atoms with E-state index in [1.807, 2.05) is 43.0 Å². The van der Waals surface area contributed by atoms with Crippen LogP contribution in [0.25, 0.3) is 0 Å². The number of sulfonamides is 1. The van der Waals surface area contributed by atoms with Crippen LogP contribution >= 0.6 is 0 Å². The third-order valence-corrected chi connectivity index (χ3v) is 8.27. The molecule has 4 rings (SSSR count). The van der Waals surface area contributed by atoms with Crippen molar-refractivity contribution in [3.63, 3.8) is 0 Å². The molecule has 2 atom stereocenters. The van der Waals surface area contributed by atoms with Gasteiger partial charge in [0, 0.05) is 36.9 Å². The van der Waals surface area contributed by atoms with Gasteiger partial charge in [-0.05, 0) is 54.5 Å². The lowest BCUT2D eigenvalue weighted by Gasteiger charge is -2.35. The van der Waals surface area contributed by atoms with Gasteiger partial charge in [0.1, 0.15) is 0 Å². The molecule has 0 radical (unpaired) electrons. The number of rotatable bonds is 8. The maximum atomic E-state index is 13.4. The summed E-state index contributed by atoms with van der Waals surface area (Å²) in [6.45, 7) is 8.04. The molecule has 2 aromatic carbocycles. The fraction of sp³-hybridized carbons (Fsp3) is 0.500. The van der Waals surface area contributed by atoms with Gasteiger partial charge in [-0.15, -0.1) is 0 Å². The molecule has 0 aromatic heterocycles. The van der Waals surface area contributed by atoms with Crippen LogP contribution in [0.3, 0.4) is 0 Å². The highest BCUT2D eigenvalue weighted by Crippen LogP contribution is 2.36. The second-order valence-corrected chi connectivity index (χ2v) is 11.3. The number of carbonyl (C=O) groups excluding carboxylic acids is 1. The number of hydrogen-bond donors (Lipinski definition) is 2. The largest absolute Gasteiger partial charge is 0.428 e. The van der Waals surface area contributed by atoms with Crippen LogP contribution in [0.15, 0.2) is 47.4 Å². The number of nitrogens with one attached hydrogen (secondary N) is 1. The minimum Gasteiger partial charge on any atom is -0.428 e. The average Bonchev–Trinajstić information content (AvgIpc) is 2.81. The molecule has 0 bridgehead atoms. The molecule has 0 saturated carbocycles. The van der Waals surface area contributed by atoms with E-state index in [2.05, 4.69) is 11.6 Å². The Bertz CT molecular complexity index is 1150. The van der Waals surface area contributed by atoms with Crippen molar-refractivity contribution in [3.8, 4) is 0 Å². The van der Waals surface area contributed by atoms with Crippen molar-refractivity contribution < 1.29 is 23.1 Å². The van der Waals surface area contributed by atoms with Crippen LogP contribution in [-0.2, 0) is 21.2 Å². The molecule has 2 unspecified atom stereocenters. The van der Waals surface area contributed by atoms with Gasteiger partial charge in [0.15, 0.2) is 6.73 Å². The zero-order valence-electron chi connectivity index (χ0n) is 20.6. The maximum absolute atomic E-state index is 13.4. The van der Waals surface area contributed by atoms with E-state index >= 15 is 0 Å². The molecule has 9 heteroatoms. The Hall–Kier alpha value is -2.62. The molecule has 1 saturated heterocycles. The third kappa shape index (κ3) is 5.63. The summed E-state index contributed by atoms with van der Waals surface area (Å²) in [5.41, 5.74) is 3.30. The van der Waals surface area contributed by atoms with Crippen molar-refractivity contribution in [1.82, 2.24) is 9.62 Å². The predicted molar refractivity (Wildman–Crippen MR) is 135 cm³/mol. The lowest BCUT2D eigenvalue weighted by atomic mass is 9.96. The predicted octanol–water partition coefficient (Wildman–Crippen LogP) is 3.97. The Morgan fingerprint density at radius 3 is 2.46 bits per heavy atom. The van der Waals surface area contributed by atoms with Gasteiger partial charge in [0.05, 0.1) is 11.0 Å². The van der Waals surface area contributed by atoms with Crippen LogP contribution in [-0.4, -0.2) is 50.9 Å². The molecule has 35 heavy (non-hydrogen) atoms. The average molecular weight is 502 g/mol. The number of carbonyl (C=O) groups is 1. The van der Waals surface area contributed by atoms with E-state index in [0.29, 0.717) is 37.3 Å². The quantitative estimate of drug-likeness (QED) is 0.568. The van der Waals surface area contributed by atoms with E-state index in [-0.39, 0.29) is 29.7 Å². The van der Waals surface area contributed by atoms with Crippen molar-refractivity contribution in [2.45, 2.75) is 57.1 Å². The van der Waals surface area contributed by atoms with Crippen LogP contribution in [0.2, 0.25) is 0 Å². The zero-order chi connectivity index (χ0) is 25.2. The molecule has 1 amide bonds. The van der Waals surface area contributed by atoms with Gasteiger partial charge in [-0.1, -0.05) is 45.0 Å². The Kier molecular flexibility index (Phi) is 7.68. The number of nitrogens with zero attached hydrogens (tertiary/aromatic N) is 2. The molecule has 2 aliphatic heterocycles. The summed E-state index contributed by atoms with van der Waals surface area (Å²) in [5.74, 6) is 0.0389. The summed E-state index contributed by atoms with van der Waals surface area (Å²) in [6, 6.07) is 12.4. The highest BCUT2D eigenvalue weighted by molar-refractivity contribution is 7.89. The molecular formula is C26H35N3O5S. The van der Waals surface area contributed by atoms with E-state index in [9.17, 15) is 18.3 Å². The number of amides is 1. The molecule has 2 aromatic rings. The van der Waals surface area contributed by atoms with Crippen molar-refractivity contribution in [2.75, 3.05) is 31.3 Å². The van der Waals surface area contributed by atoms with Gasteiger partial charge in [-0.2, -0.15) is 0 Å². The van der Waals surface area contributed by atoms with Crippen LogP contribution in [0, 0.1) is 5.92 Å². The van der Waals surface area contributed by atoms with E-state index in [0.717, 1.165) is 18.4 Å². The van der Waals surface area contributed by atoms with Crippen molar-refractivity contribution in [1.29, 1.82) is 0 Å². The van der Waals surface area contributed by atoms with Gasteiger partial charge in [-0.25, -0.2) is 17.9 Å². The lowest BCUT2D eigenvalue weighted by Crippen LogP contribution is -2.44. The highest BCUT2D eigenvalue weighted by atomic mass is 32.2. The monoisotopic (exact) mass is 501 g/mol. The van der Waals surface area contributed by atoms with Gasteiger partial charge in [-0.3, -0.25) is 0 Å². The minimum absolute atomic E-state index is 0.0389. The molecule has 0 aliphatic carbocycles. The first kappa shape index (κ1) is 25.5. The molecule has 2 N–H and O–H groups in total. The van der Waals surface area contributed by atoms with Gasteiger partial charge in [0.25, 0.3) is 0 Å². The second kappa shape index (κ2) is 10.6. The third-order valence-electron chi connectivity index (χ3n) is 6.84. The second-order valence-electron chi connectivity index (χ2n) is 9.61. The van der Waals surface area contributed by atoms with Crippen molar-refractivity contribution >= 4 is 21.8 Å². The number of aliphatic hydroxyl groups excluding tert-OH is 1. The summed E-state index contributed by atoms with van der Waals surface area (Å²) in [6.07, 6.45) is 1.19. The first-order valence-corrected chi connectivity index (χ1v) is 13.8. The van der Waals surface area contributed by atoms with Crippen LogP contribution < -0.4 is 9.62 Å². The summed E-state index contributed by atoms with van der Waals surface area (Å²) in [5, 5.41) is 10.6. The molecule has 2 heterocycles. The molecular weight excluding hydrogens is 466 g/mol. The highest BCUT2D eigenvalue weighted by Gasteiger charge is 2.30. The summed E-state index contributed by atoms with van der Waals surface area (Å²) in [4.78, 5) is 15.7. The van der Waals surface area contributed by atoms with Gasteiger partial charge >= 0.3 is 6.09 Å². The number of anilines is 1. The number of hydrogen-bond acceptors (Lipinski definition) is 6. The smallest absolute Gasteiger partial charge is 0.411 e. The summed E-state index contributed by atoms with van der Waals surface area (Å²) in [7, 11) is -3.85. The van der Waals surface area contributed by atoms with Gasteiger partial charge < -0.3 is 19.6 Å². The fourth-order valence-electron chi connectivity index (χ4n) is 4.45. The Balaban J connectivity index is 1.53. The molecule has 0 spiro atoms. The number of aryl methyl sites for hydroxylation is 1. The maximum Gasteiger partial charge on any atom is 0.411 e. The Morgan fingerprint density at radius 2 is 1.86 bits per heavy atom. The van der Waals surface area contributed by atoms with Gasteiger partial charge in [0.2, 0.25) is 10.0 Å². The molecule has 8 nitrogen and oxygen atoms in total. The Labute approximate surface area is 207 Å². The van der Waals surface area contributed by atoms with Crippen molar-refractivity contribution in [2.24, 2.45) is 5.92 Å². The number of fused-ring (bicyclic) bond motifs is 1. The first-order chi connectivity index (χ1) is 16.7. The van der Waals surface area contributed by atoms with E-state index in [1.165, 1.54) is 11.6 Å². The fourth-order valence-corrected chi connectivity index (χ4v) is 5.86. The topological polar surface area (TPSA) is 99.2 Å².